The first-order valence-electron chi connectivity index (χ1n) is 11.0. The third kappa shape index (κ3) is 3.12. The van der Waals surface area contributed by atoms with E-state index in [1.165, 1.54) is 12.1 Å². The molecule has 2 aliphatic heterocycles. The van der Waals surface area contributed by atoms with Gasteiger partial charge < -0.3 is 4.90 Å². The van der Waals surface area contributed by atoms with Crippen molar-refractivity contribution in [2.24, 2.45) is 5.18 Å². The smallest absolute Gasteiger partial charge is 0.177 e. The molecule has 0 amide bonds. The highest BCUT2D eigenvalue weighted by molar-refractivity contribution is 5.82. The molecule has 9 heteroatoms. The molecular formula is C23H24N8O. The van der Waals surface area contributed by atoms with Crippen LogP contribution in [0.1, 0.15) is 36.5 Å². The van der Waals surface area contributed by atoms with Crippen LogP contribution in [0.15, 0.2) is 47.8 Å². The van der Waals surface area contributed by atoms with E-state index in [2.05, 4.69) is 61.6 Å². The Morgan fingerprint density at radius 3 is 2.81 bits per heavy atom. The molecule has 32 heavy (non-hydrogen) atoms. The van der Waals surface area contributed by atoms with Gasteiger partial charge in [-0.25, -0.2) is 0 Å². The van der Waals surface area contributed by atoms with E-state index in [-0.39, 0.29) is 0 Å². The Morgan fingerprint density at radius 2 is 2.03 bits per heavy atom. The lowest BCUT2D eigenvalue weighted by Crippen LogP contribution is -2.44. The fourth-order valence-corrected chi connectivity index (χ4v) is 5.04. The molecule has 9 nitrogen and oxygen atoms in total. The van der Waals surface area contributed by atoms with Crippen molar-refractivity contribution in [3.05, 3.63) is 64.6 Å². The lowest BCUT2D eigenvalue weighted by atomic mass is 10.1. The Balaban J connectivity index is 1.31. The fraction of sp³-hybridized carbons (Fsp3) is 0.391. The van der Waals surface area contributed by atoms with Gasteiger partial charge in [-0.15, -0.1) is 10.2 Å². The van der Waals surface area contributed by atoms with Gasteiger partial charge in [0.2, 0.25) is 0 Å². The van der Waals surface area contributed by atoms with Gasteiger partial charge in [-0.2, -0.15) is 14.5 Å². The van der Waals surface area contributed by atoms with E-state index in [0.717, 1.165) is 35.4 Å². The maximum absolute atomic E-state index is 10.9. The van der Waals surface area contributed by atoms with E-state index < -0.39 is 6.04 Å². The Labute approximate surface area is 185 Å². The molecule has 5 heterocycles. The van der Waals surface area contributed by atoms with Crippen molar-refractivity contribution in [1.82, 2.24) is 29.7 Å². The number of anilines is 1. The number of pyridine rings is 1. The lowest BCUT2D eigenvalue weighted by molar-refractivity contribution is 0.292. The first kappa shape index (κ1) is 19.2. The molecule has 0 aliphatic carbocycles. The number of piperazine rings is 1. The van der Waals surface area contributed by atoms with Crippen LogP contribution in [0.25, 0.3) is 16.6 Å². The maximum atomic E-state index is 10.9. The highest BCUT2D eigenvalue weighted by Crippen LogP contribution is 2.34. The van der Waals surface area contributed by atoms with Crippen LogP contribution in [0.3, 0.4) is 0 Å². The molecule has 162 valence electrons. The number of nitroso groups, excluding NO2 is 1. The summed E-state index contributed by atoms with van der Waals surface area (Å²) in [5, 5.41) is 17.3. The minimum absolute atomic E-state index is 0.513. The van der Waals surface area contributed by atoms with E-state index in [4.69, 9.17) is 4.98 Å². The van der Waals surface area contributed by atoms with Gasteiger partial charge in [-0.05, 0) is 56.3 Å². The van der Waals surface area contributed by atoms with Crippen LogP contribution >= 0.6 is 0 Å². The molecule has 6 rings (SSSR count). The third-order valence-corrected chi connectivity index (χ3v) is 6.87. The van der Waals surface area contributed by atoms with E-state index in [1.54, 1.807) is 17.5 Å². The van der Waals surface area contributed by atoms with Gasteiger partial charge in [-0.1, -0.05) is 11.2 Å². The molecule has 4 aromatic rings. The third-order valence-electron chi connectivity index (χ3n) is 6.87. The second-order valence-electron chi connectivity index (χ2n) is 8.96. The van der Waals surface area contributed by atoms with E-state index >= 15 is 0 Å². The molecule has 0 radical (unpaired) electrons. The fourth-order valence-electron chi connectivity index (χ4n) is 5.04. The summed E-state index contributed by atoms with van der Waals surface area (Å²) in [6.45, 7) is 3.92. The molecule has 3 aromatic heterocycles. The number of nitrogens with zero attached hydrogens (tertiary/aromatic N) is 8. The SMILES string of the molecule is CC(N=O)c1ccc2nnc(Cc3ccc4ncc(N5CC6CC5CN6C)cc4c3)n2n1. The molecule has 2 fully saturated rings. The number of likely N-dealkylation sites (tertiary alicyclic amines) is 1. The largest absolute Gasteiger partial charge is 0.364 e. The highest BCUT2D eigenvalue weighted by atomic mass is 16.3. The molecule has 2 saturated heterocycles. The summed E-state index contributed by atoms with van der Waals surface area (Å²) in [5.41, 5.74) is 4.55. The van der Waals surface area contributed by atoms with Gasteiger partial charge in [0.25, 0.3) is 0 Å². The number of hydrogen-bond acceptors (Lipinski definition) is 8. The molecular weight excluding hydrogens is 404 g/mol. The molecule has 0 N–H and O–H groups in total. The van der Waals surface area contributed by atoms with Crippen molar-refractivity contribution < 1.29 is 0 Å². The molecule has 1 aromatic carbocycles. The summed E-state index contributed by atoms with van der Waals surface area (Å²) in [5.74, 6) is 0.725. The predicted octanol–water partition coefficient (Wildman–Crippen LogP) is 2.98. The van der Waals surface area contributed by atoms with Crippen LogP contribution in [-0.2, 0) is 6.42 Å². The summed E-state index contributed by atoms with van der Waals surface area (Å²) in [4.78, 5) is 20.6. The Hall–Kier alpha value is -3.46. The normalized spacial score (nSPS) is 21.6. The molecule has 0 spiro atoms. The van der Waals surface area contributed by atoms with Gasteiger partial charge >= 0.3 is 0 Å². The first-order valence-corrected chi connectivity index (χ1v) is 11.0. The number of fused-ring (bicyclic) bond motifs is 4. The van der Waals surface area contributed by atoms with Gasteiger partial charge in [0.1, 0.15) is 6.04 Å². The summed E-state index contributed by atoms with van der Waals surface area (Å²) in [7, 11) is 2.22. The van der Waals surface area contributed by atoms with Crippen LogP contribution in [-0.4, -0.2) is 61.9 Å². The van der Waals surface area contributed by atoms with Gasteiger partial charge in [0.15, 0.2) is 11.5 Å². The Kier molecular flexibility index (Phi) is 4.39. The predicted molar refractivity (Wildman–Crippen MR) is 122 cm³/mol. The van der Waals surface area contributed by atoms with Crippen molar-refractivity contribution in [3.63, 3.8) is 0 Å². The quantitative estimate of drug-likeness (QED) is 0.451. The second-order valence-corrected chi connectivity index (χ2v) is 8.96. The van der Waals surface area contributed by atoms with E-state index in [0.29, 0.717) is 29.8 Å². The standard InChI is InChI=1S/C23H24N8O/c1-14(28-32)20-5-6-22-25-26-23(31(22)27-20)8-15-3-4-21-16(7-15)9-17(11-24-21)30-13-18-10-19(30)12-29(18)2/h3-7,9,11,14,18-19H,8,10,12-13H2,1-2H3. The van der Waals surface area contributed by atoms with Crippen molar-refractivity contribution in [1.29, 1.82) is 0 Å². The van der Waals surface area contributed by atoms with Crippen molar-refractivity contribution in [3.8, 4) is 0 Å². The topological polar surface area (TPSA) is 91.9 Å². The molecule has 3 atom stereocenters. The Morgan fingerprint density at radius 1 is 1.12 bits per heavy atom. The van der Waals surface area contributed by atoms with Crippen LogP contribution in [0, 0.1) is 4.91 Å². The lowest BCUT2D eigenvalue weighted by Gasteiger charge is -2.33. The number of rotatable bonds is 5. The monoisotopic (exact) mass is 428 g/mol. The number of benzene rings is 1. The van der Waals surface area contributed by atoms with Crippen molar-refractivity contribution in [2.45, 2.75) is 37.9 Å². The zero-order valence-corrected chi connectivity index (χ0v) is 18.1. The zero-order valence-electron chi connectivity index (χ0n) is 18.1. The van der Waals surface area contributed by atoms with Gasteiger partial charge in [0.05, 0.1) is 23.1 Å². The minimum Gasteiger partial charge on any atom is -0.364 e. The van der Waals surface area contributed by atoms with E-state index in [1.807, 2.05) is 12.3 Å². The number of likely N-dealkylation sites (N-methyl/N-ethyl adjacent to an activating group) is 1. The van der Waals surface area contributed by atoms with Crippen molar-refractivity contribution >= 4 is 22.2 Å². The summed E-state index contributed by atoms with van der Waals surface area (Å²) in [6.07, 6.45) is 3.82. The first-order chi connectivity index (χ1) is 15.6. The van der Waals surface area contributed by atoms with Crippen LogP contribution in [0.5, 0.6) is 0 Å². The van der Waals surface area contributed by atoms with Crippen molar-refractivity contribution in [2.75, 3.05) is 25.0 Å². The molecule has 2 bridgehead atoms. The second kappa shape index (κ2) is 7.30. The summed E-state index contributed by atoms with van der Waals surface area (Å²) < 4.78 is 1.70. The average molecular weight is 429 g/mol. The van der Waals surface area contributed by atoms with Gasteiger partial charge in [-0.3, -0.25) is 9.88 Å². The molecule has 0 saturated carbocycles. The average Bonchev–Trinajstić information content (AvgIpc) is 3.52. The van der Waals surface area contributed by atoms with Crippen LogP contribution in [0.4, 0.5) is 5.69 Å². The van der Waals surface area contributed by atoms with Crippen LogP contribution in [0.2, 0.25) is 0 Å². The highest BCUT2D eigenvalue weighted by Gasteiger charge is 2.41. The summed E-state index contributed by atoms with van der Waals surface area (Å²) in [6, 6.07) is 12.9. The zero-order chi connectivity index (χ0) is 21.8. The Bertz CT molecular complexity index is 1330. The molecule has 3 unspecified atom stereocenters. The summed E-state index contributed by atoms with van der Waals surface area (Å²) >= 11 is 0. The maximum Gasteiger partial charge on any atom is 0.177 e. The minimum atomic E-state index is -0.513. The van der Waals surface area contributed by atoms with Crippen LogP contribution < -0.4 is 4.90 Å². The number of hydrogen-bond donors (Lipinski definition) is 0. The molecule has 2 aliphatic rings. The number of aromatic nitrogens is 5. The van der Waals surface area contributed by atoms with E-state index in [9.17, 15) is 4.91 Å². The van der Waals surface area contributed by atoms with Gasteiger partial charge in [0, 0.05) is 37.0 Å².